The lowest BCUT2D eigenvalue weighted by Gasteiger charge is -2.21. The van der Waals surface area contributed by atoms with E-state index in [4.69, 9.17) is 15.9 Å². The van der Waals surface area contributed by atoms with E-state index in [1.54, 1.807) is 20.8 Å². The molecule has 1 radical (unpaired) electrons. The summed E-state index contributed by atoms with van der Waals surface area (Å²) in [5, 5.41) is 11.5. The van der Waals surface area contributed by atoms with Crippen molar-refractivity contribution in [2.75, 3.05) is 0 Å². The fourth-order valence-corrected chi connectivity index (χ4v) is 1.06. The minimum absolute atomic E-state index is 0.115. The zero-order chi connectivity index (χ0) is 14.3. The number of nitrogens with one attached hydrogen (secondary N) is 3. The van der Waals surface area contributed by atoms with Crippen LogP contribution < -0.4 is 16.4 Å². The molecule has 7 heteroatoms. The number of nitrogens with two attached hydrogens (primary N) is 1. The Morgan fingerprint density at radius 3 is 2.44 bits per heavy atom. The Morgan fingerprint density at radius 1 is 1.44 bits per heavy atom. The van der Waals surface area contributed by atoms with Crippen molar-refractivity contribution in [3.05, 3.63) is 6.92 Å². The Hall–Kier alpha value is -1.79. The third-order valence-corrected chi connectivity index (χ3v) is 1.71. The maximum absolute atomic E-state index is 11.4. The first-order chi connectivity index (χ1) is 8.10. The average molecular weight is 257 g/mol. The largest absolute Gasteiger partial charge is 0.444 e. The van der Waals surface area contributed by atoms with Gasteiger partial charge in [0.15, 0.2) is 5.96 Å². The van der Waals surface area contributed by atoms with E-state index >= 15 is 0 Å². The number of carbonyl (C=O) groups is 2. The molecule has 0 rings (SSSR count). The molecule has 0 aromatic carbocycles. The molecule has 0 bridgehead atoms. The Kier molecular flexibility index (Phi) is 6.15. The van der Waals surface area contributed by atoms with Gasteiger partial charge in [0.05, 0.1) is 0 Å². The quantitative estimate of drug-likeness (QED) is 0.433. The van der Waals surface area contributed by atoms with Gasteiger partial charge in [0.1, 0.15) is 5.60 Å². The molecule has 0 aromatic heterocycles. The lowest BCUT2D eigenvalue weighted by Crippen LogP contribution is -2.39. The molecular weight excluding hydrogens is 236 g/mol. The predicted molar refractivity (Wildman–Crippen MR) is 67.8 cm³/mol. The summed E-state index contributed by atoms with van der Waals surface area (Å²) in [6.07, 6.45) is -0.128. The number of hydrogen-bond acceptors (Lipinski definition) is 4. The molecule has 0 heterocycles. The highest BCUT2D eigenvalue weighted by Gasteiger charge is 2.18. The van der Waals surface area contributed by atoms with Crippen molar-refractivity contribution < 1.29 is 14.3 Å². The van der Waals surface area contributed by atoms with Crippen molar-refractivity contribution in [3.8, 4) is 0 Å². The van der Waals surface area contributed by atoms with E-state index in [-0.39, 0.29) is 12.3 Å². The highest BCUT2D eigenvalue weighted by Crippen LogP contribution is 2.07. The molecular formula is C11H21N4O3. The standard InChI is InChI=1S/C11H21N4O3/c1-7(5-6-8(16)15-9(12)13)14-10(17)18-11(2,3)4/h7H,1,5-6H2,2-4H3,(H,14,17)(H4,12,13,15,16). The van der Waals surface area contributed by atoms with Crippen LogP contribution in [0.1, 0.15) is 33.6 Å². The Bertz CT molecular complexity index is 323. The molecule has 1 unspecified atom stereocenters. The lowest BCUT2D eigenvalue weighted by atomic mass is 10.2. The van der Waals surface area contributed by atoms with Gasteiger partial charge in [-0.05, 0) is 34.1 Å². The second kappa shape index (κ2) is 6.83. The molecule has 0 saturated carbocycles. The summed E-state index contributed by atoms with van der Waals surface area (Å²) in [6, 6.07) is -0.447. The summed E-state index contributed by atoms with van der Waals surface area (Å²) in [5.74, 6) is -0.789. The van der Waals surface area contributed by atoms with Gasteiger partial charge in [-0.2, -0.15) is 0 Å². The third-order valence-electron chi connectivity index (χ3n) is 1.71. The zero-order valence-electron chi connectivity index (χ0n) is 11.0. The van der Waals surface area contributed by atoms with Gasteiger partial charge in [0, 0.05) is 12.5 Å². The molecule has 18 heavy (non-hydrogen) atoms. The van der Waals surface area contributed by atoms with Crippen LogP contribution in [0.3, 0.4) is 0 Å². The van der Waals surface area contributed by atoms with Gasteiger partial charge in [0.2, 0.25) is 5.91 Å². The lowest BCUT2D eigenvalue weighted by molar-refractivity contribution is -0.119. The summed E-state index contributed by atoms with van der Waals surface area (Å²) in [7, 11) is 0. The first-order valence-corrected chi connectivity index (χ1v) is 5.56. The molecule has 0 saturated heterocycles. The van der Waals surface area contributed by atoms with Crippen LogP contribution in [0.5, 0.6) is 0 Å². The monoisotopic (exact) mass is 257 g/mol. The van der Waals surface area contributed by atoms with Gasteiger partial charge in [-0.25, -0.2) is 4.79 Å². The van der Waals surface area contributed by atoms with Crippen LogP contribution in [0.15, 0.2) is 0 Å². The molecule has 0 aliphatic heterocycles. The SMILES string of the molecule is [CH2]C(CCC(=O)NC(=N)N)NC(=O)OC(C)(C)C. The van der Waals surface area contributed by atoms with Crippen LogP contribution in [0, 0.1) is 12.3 Å². The molecule has 0 aromatic rings. The van der Waals surface area contributed by atoms with Crippen LogP contribution in [-0.2, 0) is 9.53 Å². The van der Waals surface area contributed by atoms with E-state index in [0.717, 1.165) is 0 Å². The van der Waals surface area contributed by atoms with Gasteiger partial charge >= 0.3 is 6.09 Å². The van der Waals surface area contributed by atoms with E-state index in [0.29, 0.717) is 6.42 Å². The smallest absolute Gasteiger partial charge is 0.407 e. The Labute approximate surface area is 107 Å². The average Bonchev–Trinajstić information content (AvgIpc) is 2.10. The van der Waals surface area contributed by atoms with Crippen LogP contribution in [-0.4, -0.2) is 29.6 Å². The summed E-state index contributed by atoms with van der Waals surface area (Å²) < 4.78 is 5.04. The summed E-state index contributed by atoms with van der Waals surface area (Å²) in [4.78, 5) is 22.5. The number of ether oxygens (including phenoxy) is 1. The summed E-state index contributed by atoms with van der Waals surface area (Å²) >= 11 is 0. The first kappa shape index (κ1) is 16.2. The molecule has 1 atom stereocenters. The van der Waals surface area contributed by atoms with E-state index in [1.165, 1.54) is 0 Å². The predicted octanol–water partition coefficient (Wildman–Crippen LogP) is 0.504. The molecule has 103 valence electrons. The van der Waals surface area contributed by atoms with E-state index in [2.05, 4.69) is 17.6 Å². The second-order valence-corrected chi connectivity index (χ2v) is 4.84. The van der Waals surface area contributed by atoms with Crippen molar-refractivity contribution in [2.45, 2.75) is 45.3 Å². The van der Waals surface area contributed by atoms with Gasteiger partial charge in [-0.1, -0.05) is 0 Å². The molecule has 0 fully saturated rings. The summed E-state index contributed by atoms with van der Waals surface area (Å²) in [6.45, 7) is 8.95. The number of guanidine groups is 1. The maximum atomic E-state index is 11.4. The van der Waals surface area contributed by atoms with Gasteiger partial charge in [0.25, 0.3) is 0 Å². The van der Waals surface area contributed by atoms with Crippen molar-refractivity contribution in [1.29, 1.82) is 5.41 Å². The highest BCUT2D eigenvalue weighted by atomic mass is 16.6. The zero-order valence-corrected chi connectivity index (χ0v) is 11.0. The molecule has 0 aliphatic rings. The van der Waals surface area contributed by atoms with E-state index < -0.39 is 23.7 Å². The minimum Gasteiger partial charge on any atom is -0.444 e. The number of amides is 2. The molecule has 2 amide bonds. The number of carbonyl (C=O) groups excluding carboxylic acids is 2. The normalized spacial score (nSPS) is 12.4. The second-order valence-electron chi connectivity index (χ2n) is 4.84. The van der Waals surface area contributed by atoms with Gasteiger partial charge in [-0.15, -0.1) is 0 Å². The minimum atomic E-state index is -0.575. The van der Waals surface area contributed by atoms with Gasteiger partial charge < -0.3 is 15.8 Å². The van der Waals surface area contributed by atoms with E-state index in [1.807, 2.05) is 0 Å². The Balaban J connectivity index is 3.91. The fourth-order valence-electron chi connectivity index (χ4n) is 1.06. The fraction of sp³-hybridized carbons (Fsp3) is 0.636. The van der Waals surface area contributed by atoms with Crippen LogP contribution in [0.2, 0.25) is 0 Å². The third kappa shape index (κ3) is 9.44. The van der Waals surface area contributed by atoms with Crippen LogP contribution >= 0.6 is 0 Å². The van der Waals surface area contributed by atoms with Crippen molar-refractivity contribution in [2.24, 2.45) is 5.73 Å². The van der Waals surface area contributed by atoms with Crippen molar-refractivity contribution in [3.63, 3.8) is 0 Å². The maximum Gasteiger partial charge on any atom is 0.407 e. The number of alkyl carbamates (subject to hydrolysis) is 1. The molecule has 7 nitrogen and oxygen atoms in total. The summed E-state index contributed by atoms with van der Waals surface area (Å²) in [5.41, 5.74) is 4.42. The van der Waals surface area contributed by atoms with E-state index in [9.17, 15) is 9.59 Å². The molecule has 0 aliphatic carbocycles. The number of rotatable bonds is 4. The van der Waals surface area contributed by atoms with Crippen LogP contribution in [0.4, 0.5) is 4.79 Å². The van der Waals surface area contributed by atoms with Crippen LogP contribution in [0.25, 0.3) is 0 Å². The van der Waals surface area contributed by atoms with Crippen molar-refractivity contribution in [1.82, 2.24) is 10.6 Å². The van der Waals surface area contributed by atoms with Crippen molar-refractivity contribution >= 4 is 18.0 Å². The topological polar surface area (TPSA) is 117 Å². The van der Waals surface area contributed by atoms with Gasteiger partial charge in [-0.3, -0.25) is 15.5 Å². The Morgan fingerprint density at radius 2 is 2.00 bits per heavy atom. The molecule has 5 N–H and O–H groups in total. The number of hydrogen-bond donors (Lipinski definition) is 4. The highest BCUT2D eigenvalue weighted by molar-refractivity contribution is 5.94. The molecule has 0 spiro atoms. The first-order valence-electron chi connectivity index (χ1n) is 5.56.